The molecular formula is C58H70N14O2. The number of hydrogen-bond acceptors (Lipinski definition) is 16. The molecule has 12 rings (SSSR count). The van der Waals surface area contributed by atoms with Crippen LogP contribution < -0.4 is 30.2 Å². The first-order valence-electron chi connectivity index (χ1n) is 26.9. The van der Waals surface area contributed by atoms with Crippen molar-refractivity contribution in [1.82, 2.24) is 40.4 Å². The smallest absolute Gasteiger partial charge is 0.128 e. The molecule has 0 unspecified atom stereocenters. The van der Waals surface area contributed by atoms with E-state index in [4.69, 9.17) is 19.4 Å². The second-order valence-corrected chi connectivity index (χ2v) is 21.4. The van der Waals surface area contributed by atoms with Gasteiger partial charge < -0.3 is 39.7 Å². The maximum Gasteiger partial charge on any atom is 0.128 e. The van der Waals surface area contributed by atoms with Crippen molar-refractivity contribution in [2.45, 2.75) is 90.1 Å². The Kier molecular flexibility index (Phi) is 14.9. The summed E-state index contributed by atoms with van der Waals surface area (Å²) in [4.78, 5) is 33.3. The van der Waals surface area contributed by atoms with Crippen molar-refractivity contribution in [3.8, 4) is 12.1 Å². The fourth-order valence-corrected chi connectivity index (χ4v) is 12.1. The van der Waals surface area contributed by atoms with Gasteiger partial charge in [-0.05, 0) is 123 Å². The molecule has 74 heavy (non-hydrogen) atoms. The Morgan fingerprint density at radius 1 is 0.527 bits per heavy atom. The molecule has 0 radical (unpaired) electrons. The molecule has 4 saturated heterocycles. The van der Waals surface area contributed by atoms with Crippen LogP contribution in [0, 0.1) is 22.7 Å². The van der Waals surface area contributed by atoms with Gasteiger partial charge in [0.2, 0.25) is 0 Å². The maximum atomic E-state index is 9.52. The lowest BCUT2D eigenvalue weighted by Gasteiger charge is -2.42. The van der Waals surface area contributed by atoms with Gasteiger partial charge in [-0.15, -0.1) is 0 Å². The fraction of sp³-hybridized carbons (Fsp3) is 0.483. The number of piperazine rings is 2. The zero-order chi connectivity index (χ0) is 50.7. The second-order valence-electron chi connectivity index (χ2n) is 21.4. The Hall–Kier alpha value is -6.50. The van der Waals surface area contributed by atoms with E-state index in [1.807, 2.05) is 24.3 Å². The molecule has 384 valence electrons. The van der Waals surface area contributed by atoms with Gasteiger partial charge in [-0.3, -0.25) is 19.8 Å². The minimum Gasteiger partial charge on any atom is -0.370 e. The van der Waals surface area contributed by atoms with Crippen LogP contribution in [0.5, 0.6) is 0 Å². The molecule has 0 aliphatic carbocycles. The average Bonchev–Trinajstić information content (AvgIpc) is 3.42. The molecule has 6 atom stereocenters. The third kappa shape index (κ3) is 11.0. The molecule has 0 amide bonds. The summed E-state index contributed by atoms with van der Waals surface area (Å²) in [5, 5.41) is 28.1. The number of pyridine rings is 4. The van der Waals surface area contributed by atoms with Gasteiger partial charge in [-0.2, -0.15) is 10.5 Å². The lowest BCUT2D eigenvalue weighted by Crippen LogP contribution is -2.54. The maximum absolute atomic E-state index is 9.52. The van der Waals surface area contributed by atoms with Crippen molar-refractivity contribution in [1.29, 1.82) is 10.5 Å². The normalized spacial score (nSPS) is 24.6. The van der Waals surface area contributed by atoms with E-state index in [1.165, 1.54) is 22.3 Å². The number of nitriles is 2. The van der Waals surface area contributed by atoms with Gasteiger partial charge in [-0.1, -0.05) is 0 Å². The fourth-order valence-electron chi connectivity index (χ4n) is 12.1. The molecule has 0 spiro atoms. The van der Waals surface area contributed by atoms with Gasteiger partial charge >= 0.3 is 0 Å². The number of benzene rings is 2. The van der Waals surface area contributed by atoms with E-state index >= 15 is 0 Å². The predicted molar refractivity (Wildman–Crippen MR) is 292 cm³/mol. The van der Waals surface area contributed by atoms with E-state index in [2.05, 4.69) is 139 Å². The standard InChI is InChI=1S/2C29H35N7O/c2*1-20-12-23-13-28(33-16-24(23)15-32-20)35-10-8-34(9-11-35)18-25-19-36(17-21(2)37-25)27-6-5-22(14-30)29-26(27)4-3-7-31-29/h2*3-7,13,16,20-21,25,32H,8-12,15,17-19H2,1-2H3/t20-,21+,25-;20-,21-,25+/m01/s1. The summed E-state index contributed by atoms with van der Waals surface area (Å²) in [6.07, 6.45) is 10.3. The van der Waals surface area contributed by atoms with Crippen LogP contribution in [-0.4, -0.2) is 158 Å². The number of rotatable bonds is 8. The molecule has 4 aromatic heterocycles. The summed E-state index contributed by atoms with van der Waals surface area (Å²) in [6.45, 7) is 23.8. The number of anilines is 4. The second kappa shape index (κ2) is 22.1. The summed E-state index contributed by atoms with van der Waals surface area (Å²) in [7, 11) is 0. The third-order valence-corrected chi connectivity index (χ3v) is 15.9. The van der Waals surface area contributed by atoms with Crippen LogP contribution in [0.25, 0.3) is 21.8 Å². The zero-order valence-electron chi connectivity index (χ0n) is 43.5. The molecular weight excluding hydrogens is 925 g/mol. The minimum absolute atomic E-state index is 0.133. The van der Waals surface area contributed by atoms with Crippen LogP contribution in [0.4, 0.5) is 23.0 Å². The number of fused-ring (bicyclic) bond motifs is 4. The highest BCUT2D eigenvalue weighted by molar-refractivity contribution is 5.96. The molecule has 16 heteroatoms. The summed E-state index contributed by atoms with van der Waals surface area (Å²) < 4.78 is 12.8. The number of aromatic nitrogens is 4. The predicted octanol–water partition coefficient (Wildman–Crippen LogP) is 5.90. The highest BCUT2D eigenvalue weighted by Gasteiger charge is 2.32. The average molecular weight is 995 g/mol. The van der Waals surface area contributed by atoms with Crippen molar-refractivity contribution in [2.75, 3.05) is 111 Å². The van der Waals surface area contributed by atoms with Gasteiger partial charge in [0.25, 0.3) is 0 Å². The number of nitrogens with zero attached hydrogens (tertiary/aromatic N) is 12. The first-order chi connectivity index (χ1) is 36.1. The first kappa shape index (κ1) is 49.7. The monoisotopic (exact) mass is 995 g/mol. The van der Waals surface area contributed by atoms with Crippen molar-refractivity contribution in [3.63, 3.8) is 0 Å². The van der Waals surface area contributed by atoms with Gasteiger partial charge in [-0.25, -0.2) is 9.97 Å². The molecule has 16 nitrogen and oxygen atoms in total. The molecule has 0 saturated carbocycles. The summed E-state index contributed by atoms with van der Waals surface area (Å²) in [5.41, 5.74) is 10.6. The highest BCUT2D eigenvalue weighted by atomic mass is 16.5. The van der Waals surface area contributed by atoms with Gasteiger partial charge in [0.1, 0.15) is 23.8 Å². The molecule has 4 fully saturated rings. The molecule has 0 bridgehead atoms. The van der Waals surface area contributed by atoms with E-state index < -0.39 is 0 Å². The molecule has 6 aliphatic rings. The van der Waals surface area contributed by atoms with Gasteiger partial charge in [0, 0.05) is 164 Å². The number of hydrogen-bond donors (Lipinski definition) is 2. The van der Waals surface area contributed by atoms with Crippen LogP contribution in [0.15, 0.2) is 85.5 Å². The minimum atomic E-state index is 0.133. The van der Waals surface area contributed by atoms with Crippen molar-refractivity contribution in [3.05, 3.63) is 119 Å². The van der Waals surface area contributed by atoms with E-state index in [1.54, 1.807) is 12.4 Å². The van der Waals surface area contributed by atoms with E-state index in [0.29, 0.717) is 23.2 Å². The van der Waals surface area contributed by atoms with E-state index in [0.717, 1.165) is 162 Å². The topological polar surface area (TPSA) is 161 Å². The lowest BCUT2D eigenvalue weighted by molar-refractivity contribution is -0.0329. The number of morpholine rings is 2. The Labute approximate surface area is 435 Å². The Balaban J connectivity index is 0.000000159. The Morgan fingerprint density at radius 2 is 0.959 bits per heavy atom. The van der Waals surface area contributed by atoms with Gasteiger partial charge in [0.05, 0.1) is 46.6 Å². The largest absolute Gasteiger partial charge is 0.370 e. The van der Waals surface area contributed by atoms with Crippen molar-refractivity contribution >= 4 is 44.8 Å². The molecule has 6 aromatic rings. The van der Waals surface area contributed by atoms with Crippen LogP contribution in [-0.2, 0) is 35.4 Å². The summed E-state index contributed by atoms with van der Waals surface area (Å²) in [6, 6.07) is 26.2. The highest BCUT2D eigenvalue weighted by Crippen LogP contribution is 2.33. The molecule has 2 N–H and O–H groups in total. The Bertz CT molecular complexity index is 2830. The summed E-state index contributed by atoms with van der Waals surface area (Å²) >= 11 is 0. The molecule has 2 aromatic carbocycles. The lowest BCUT2D eigenvalue weighted by atomic mass is 9.98. The van der Waals surface area contributed by atoms with Crippen molar-refractivity contribution < 1.29 is 9.47 Å². The van der Waals surface area contributed by atoms with Crippen LogP contribution in [0.1, 0.15) is 61.1 Å². The van der Waals surface area contributed by atoms with Crippen LogP contribution in [0.3, 0.4) is 0 Å². The van der Waals surface area contributed by atoms with Crippen LogP contribution >= 0.6 is 0 Å². The molecule has 6 aliphatic heterocycles. The van der Waals surface area contributed by atoms with Gasteiger partial charge in [0.15, 0.2) is 0 Å². The Morgan fingerprint density at radius 3 is 1.38 bits per heavy atom. The summed E-state index contributed by atoms with van der Waals surface area (Å²) in [5.74, 6) is 2.23. The SMILES string of the molecule is C[C@@H]1CN(c2ccc(C#N)c3ncccc23)C[C@H](CN2CCN(c3cc4c(cn3)CN[C@@H](C)C4)CC2)O1.C[C@@H]1Cc2cc(N3CCN(C[C@H]4CN(c5ccc(C#N)c6ncccc56)C[C@@H](C)O4)CC3)ncc2CN1. The first-order valence-corrected chi connectivity index (χ1v) is 26.9. The molecule has 10 heterocycles. The number of ether oxygens (including phenoxy) is 2. The van der Waals surface area contributed by atoms with E-state index in [-0.39, 0.29) is 24.4 Å². The van der Waals surface area contributed by atoms with Crippen LogP contribution in [0.2, 0.25) is 0 Å². The third-order valence-electron chi connectivity index (χ3n) is 15.9. The quantitative estimate of drug-likeness (QED) is 0.185. The number of nitrogens with one attached hydrogen (secondary N) is 2. The zero-order valence-corrected chi connectivity index (χ0v) is 43.5. The van der Waals surface area contributed by atoms with E-state index in [9.17, 15) is 10.5 Å². The van der Waals surface area contributed by atoms with Crippen molar-refractivity contribution in [2.24, 2.45) is 0 Å².